The van der Waals surface area contributed by atoms with Crippen molar-refractivity contribution in [3.05, 3.63) is 28.3 Å². The van der Waals surface area contributed by atoms with Crippen molar-refractivity contribution in [2.45, 2.75) is 44.2 Å². The third kappa shape index (κ3) is 3.35. The molecule has 0 bridgehead atoms. The highest BCUT2D eigenvalue weighted by Crippen LogP contribution is 2.27. The van der Waals surface area contributed by atoms with E-state index in [-0.39, 0.29) is 23.5 Å². The van der Waals surface area contributed by atoms with Gasteiger partial charge in [-0.05, 0) is 25.0 Å². The van der Waals surface area contributed by atoms with Gasteiger partial charge in [0.05, 0.1) is 17.1 Å². The van der Waals surface area contributed by atoms with Crippen molar-refractivity contribution in [2.24, 2.45) is 0 Å². The Morgan fingerprint density at radius 2 is 2.05 bits per heavy atom. The number of aliphatic hydroxyl groups is 1. The summed E-state index contributed by atoms with van der Waals surface area (Å²) in [4.78, 5) is 10.2. The molecule has 1 saturated carbocycles. The zero-order valence-corrected chi connectivity index (χ0v) is 10.7. The summed E-state index contributed by atoms with van der Waals surface area (Å²) >= 11 is 0. The topological polar surface area (TPSA) is 101 Å². The molecule has 1 fully saturated rings. The lowest BCUT2D eigenvalue weighted by atomic mass is 10.1. The maximum atomic E-state index is 10.7. The van der Waals surface area contributed by atoms with Gasteiger partial charge in [-0.3, -0.25) is 10.1 Å². The lowest BCUT2D eigenvalue weighted by molar-refractivity contribution is -0.383. The molecule has 0 amide bonds. The van der Waals surface area contributed by atoms with Crippen molar-refractivity contribution < 1.29 is 10.0 Å². The molecule has 1 aromatic carbocycles. The van der Waals surface area contributed by atoms with Crippen LogP contribution in [0.15, 0.2) is 18.2 Å². The Morgan fingerprint density at radius 3 is 2.74 bits per heavy atom. The van der Waals surface area contributed by atoms with Gasteiger partial charge in [0.25, 0.3) is 5.69 Å². The first-order valence-electron chi connectivity index (χ1n) is 6.56. The lowest BCUT2D eigenvalue weighted by Gasteiger charge is -2.23. The van der Waals surface area contributed by atoms with Crippen LogP contribution in [0.4, 0.5) is 17.1 Å². The first-order chi connectivity index (χ1) is 9.08. The molecule has 0 aromatic heterocycles. The van der Waals surface area contributed by atoms with E-state index in [9.17, 15) is 15.2 Å². The van der Waals surface area contributed by atoms with E-state index in [1.54, 1.807) is 12.1 Å². The Bertz CT molecular complexity index is 464. The van der Waals surface area contributed by atoms with Gasteiger partial charge in [0.2, 0.25) is 0 Å². The van der Waals surface area contributed by atoms with Gasteiger partial charge in [-0.1, -0.05) is 19.3 Å². The van der Waals surface area contributed by atoms with Crippen LogP contribution in [0, 0.1) is 10.1 Å². The maximum absolute atomic E-state index is 10.7. The second-order valence-corrected chi connectivity index (χ2v) is 4.99. The van der Waals surface area contributed by atoms with Crippen LogP contribution in [0.5, 0.6) is 0 Å². The van der Waals surface area contributed by atoms with Gasteiger partial charge in [0, 0.05) is 11.8 Å². The van der Waals surface area contributed by atoms with Crippen LogP contribution in [0.25, 0.3) is 0 Å². The number of nitro groups is 1. The molecule has 0 spiro atoms. The zero-order valence-electron chi connectivity index (χ0n) is 10.7. The van der Waals surface area contributed by atoms with E-state index in [2.05, 4.69) is 5.32 Å². The number of aliphatic hydroxyl groups excluding tert-OH is 1. The van der Waals surface area contributed by atoms with Crippen molar-refractivity contribution in [3.63, 3.8) is 0 Å². The molecule has 2 unspecified atom stereocenters. The number of anilines is 2. The minimum absolute atomic E-state index is 0.0108. The fourth-order valence-electron chi connectivity index (χ4n) is 2.48. The summed E-state index contributed by atoms with van der Waals surface area (Å²) in [7, 11) is 0. The van der Waals surface area contributed by atoms with Gasteiger partial charge in [0.15, 0.2) is 0 Å². The Hall–Kier alpha value is -1.82. The van der Waals surface area contributed by atoms with Crippen LogP contribution in [-0.4, -0.2) is 22.2 Å². The van der Waals surface area contributed by atoms with E-state index in [1.165, 1.54) is 6.07 Å². The molecule has 19 heavy (non-hydrogen) atoms. The van der Waals surface area contributed by atoms with E-state index < -0.39 is 4.92 Å². The van der Waals surface area contributed by atoms with Crippen LogP contribution in [0.1, 0.15) is 32.1 Å². The zero-order chi connectivity index (χ0) is 13.8. The lowest BCUT2D eigenvalue weighted by Crippen LogP contribution is -2.32. The Balaban J connectivity index is 2.10. The molecule has 0 heterocycles. The standard InChI is InChI=1S/C13H19N3O3/c14-10-8-9(6-7-12(10)16(18)19)15-11-4-2-1-3-5-13(11)17/h6-8,11,13,15,17H,1-5,14H2. The maximum Gasteiger partial charge on any atom is 0.292 e. The van der Waals surface area contributed by atoms with E-state index in [4.69, 9.17) is 5.73 Å². The molecule has 0 aliphatic heterocycles. The second-order valence-electron chi connectivity index (χ2n) is 4.99. The molecule has 104 valence electrons. The number of nitrogens with zero attached hydrogens (tertiary/aromatic N) is 1. The molecule has 1 aliphatic rings. The summed E-state index contributed by atoms with van der Waals surface area (Å²) in [5, 5.41) is 23.9. The normalized spacial score (nSPS) is 23.6. The van der Waals surface area contributed by atoms with E-state index in [1.807, 2.05) is 0 Å². The molecular formula is C13H19N3O3. The summed E-state index contributed by atoms with van der Waals surface area (Å²) in [6, 6.07) is 4.56. The number of hydrogen-bond donors (Lipinski definition) is 3. The summed E-state index contributed by atoms with van der Waals surface area (Å²) < 4.78 is 0. The molecule has 0 saturated heterocycles. The Labute approximate surface area is 111 Å². The summed E-state index contributed by atoms with van der Waals surface area (Å²) in [6.07, 6.45) is 4.58. The fourth-order valence-corrected chi connectivity index (χ4v) is 2.48. The molecule has 0 radical (unpaired) electrons. The molecule has 1 aliphatic carbocycles. The predicted molar refractivity (Wildman–Crippen MR) is 74.0 cm³/mol. The van der Waals surface area contributed by atoms with E-state index in [0.29, 0.717) is 5.69 Å². The summed E-state index contributed by atoms with van der Waals surface area (Å²) in [5.74, 6) is 0. The number of benzene rings is 1. The second kappa shape index (κ2) is 5.88. The minimum Gasteiger partial charge on any atom is -0.393 e. The van der Waals surface area contributed by atoms with Crippen molar-refractivity contribution in [1.82, 2.24) is 0 Å². The van der Waals surface area contributed by atoms with Gasteiger partial charge in [-0.2, -0.15) is 0 Å². The van der Waals surface area contributed by atoms with E-state index >= 15 is 0 Å². The SMILES string of the molecule is Nc1cc(NC2CCCCCC2O)ccc1[N+](=O)[O-]. The Morgan fingerprint density at radius 1 is 1.32 bits per heavy atom. The van der Waals surface area contributed by atoms with Gasteiger partial charge < -0.3 is 16.2 Å². The Kier molecular flexibility index (Phi) is 4.21. The number of nitrogens with one attached hydrogen (secondary N) is 1. The predicted octanol–water partition coefficient (Wildman–Crippen LogP) is 2.28. The molecular weight excluding hydrogens is 246 g/mol. The highest BCUT2D eigenvalue weighted by Gasteiger charge is 2.22. The minimum atomic E-state index is -0.500. The monoisotopic (exact) mass is 265 g/mol. The van der Waals surface area contributed by atoms with Crippen LogP contribution < -0.4 is 11.1 Å². The summed E-state index contributed by atoms with van der Waals surface area (Å²) in [6.45, 7) is 0. The highest BCUT2D eigenvalue weighted by molar-refractivity contribution is 5.66. The van der Waals surface area contributed by atoms with Gasteiger partial charge in [-0.15, -0.1) is 0 Å². The number of nitro benzene ring substituents is 1. The molecule has 2 atom stereocenters. The number of hydrogen-bond acceptors (Lipinski definition) is 5. The average molecular weight is 265 g/mol. The highest BCUT2D eigenvalue weighted by atomic mass is 16.6. The van der Waals surface area contributed by atoms with Crippen LogP contribution >= 0.6 is 0 Å². The molecule has 6 heteroatoms. The summed E-state index contributed by atoms with van der Waals surface area (Å²) in [5.41, 5.74) is 6.41. The number of rotatable bonds is 3. The third-order valence-electron chi connectivity index (χ3n) is 3.56. The van der Waals surface area contributed by atoms with Crippen LogP contribution in [0.3, 0.4) is 0 Å². The van der Waals surface area contributed by atoms with Crippen molar-refractivity contribution in [1.29, 1.82) is 0 Å². The molecule has 1 aromatic rings. The van der Waals surface area contributed by atoms with Gasteiger partial charge in [-0.25, -0.2) is 0 Å². The third-order valence-corrected chi connectivity index (χ3v) is 3.56. The van der Waals surface area contributed by atoms with Crippen molar-refractivity contribution >= 4 is 17.1 Å². The van der Waals surface area contributed by atoms with E-state index in [0.717, 1.165) is 32.1 Å². The largest absolute Gasteiger partial charge is 0.393 e. The average Bonchev–Trinajstić information content (AvgIpc) is 2.55. The fraction of sp³-hybridized carbons (Fsp3) is 0.538. The van der Waals surface area contributed by atoms with Crippen LogP contribution in [-0.2, 0) is 0 Å². The van der Waals surface area contributed by atoms with Crippen molar-refractivity contribution in [2.75, 3.05) is 11.1 Å². The smallest absolute Gasteiger partial charge is 0.292 e. The first-order valence-corrected chi connectivity index (χ1v) is 6.56. The first kappa shape index (κ1) is 13.6. The number of nitrogens with two attached hydrogens (primary N) is 1. The molecule has 2 rings (SSSR count). The molecule has 6 nitrogen and oxygen atoms in total. The van der Waals surface area contributed by atoms with Crippen molar-refractivity contribution in [3.8, 4) is 0 Å². The van der Waals surface area contributed by atoms with Gasteiger partial charge >= 0.3 is 0 Å². The number of nitrogen functional groups attached to an aromatic ring is 1. The van der Waals surface area contributed by atoms with Crippen LogP contribution in [0.2, 0.25) is 0 Å². The quantitative estimate of drug-likeness (QED) is 0.337. The molecule has 4 N–H and O–H groups in total. The van der Waals surface area contributed by atoms with Gasteiger partial charge in [0.1, 0.15) is 5.69 Å².